The molecule has 2 rings (SSSR count). The normalized spacial score (nSPS) is 19.4. The SMILES string of the molecule is CC(NC(=O)CN1CC(O)(C(C)C)C1)c1ccccc1. The van der Waals surface area contributed by atoms with Gasteiger partial charge in [-0.2, -0.15) is 0 Å². The maximum absolute atomic E-state index is 12.0. The van der Waals surface area contributed by atoms with E-state index in [0.29, 0.717) is 19.6 Å². The molecule has 1 aliphatic rings. The highest BCUT2D eigenvalue weighted by molar-refractivity contribution is 5.78. The molecular formula is C16H24N2O2. The molecule has 1 aromatic carbocycles. The largest absolute Gasteiger partial charge is 0.387 e. The number of β-amino-alcohol motifs (C(OH)–C–C–N with tert-alkyl or cyclic N) is 1. The summed E-state index contributed by atoms with van der Waals surface area (Å²) in [6.45, 7) is 7.51. The summed E-state index contributed by atoms with van der Waals surface area (Å²) in [6.07, 6.45) is 0. The zero-order valence-electron chi connectivity index (χ0n) is 12.5. The van der Waals surface area contributed by atoms with Crippen LogP contribution in [0.25, 0.3) is 0 Å². The molecule has 2 N–H and O–H groups in total. The van der Waals surface area contributed by atoms with Crippen LogP contribution in [0.3, 0.4) is 0 Å². The molecule has 20 heavy (non-hydrogen) atoms. The molecule has 0 aromatic heterocycles. The van der Waals surface area contributed by atoms with E-state index in [1.165, 1.54) is 0 Å². The average molecular weight is 276 g/mol. The lowest BCUT2D eigenvalue weighted by molar-refractivity contribution is -0.142. The van der Waals surface area contributed by atoms with Crippen molar-refractivity contribution in [3.8, 4) is 0 Å². The van der Waals surface area contributed by atoms with Crippen molar-refractivity contribution < 1.29 is 9.90 Å². The number of rotatable bonds is 5. The van der Waals surface area contributed by atoms with E-state index in [1.807, 2.05) is 56.0 Å². The van der Waals surface area contributed by atoms with Gasteiger partial charge in [0.05, 0.1) is 18.2 Å². The van der Waals surface area contributed by atoms with Crippen molar-refractivity contribution in [2.45, 2.75) is 32.4 Å². The van der Waals surface area contributed by atoms with Crippen LogP contribution in [0, 0.1) is 5.92 Å². The summed E-state index contributed by atoms with van der Waals surface area (Å²) in [5.41, 5.74) is 0.480. The Morgan fingerprint density at radius 2 is 1.90 bits per heavy atom. The Balaban J connectivity index is 1.77. The Labute approximate surface area is 120 Å². The van der Waals surface area contributed by atoms with E-state index in [4.69, 9.17) is 0 Å². The number of aliphatic hydroxyl groups is 1. The highest BCUT2D eigenvalue weighted by Crippen LogP contribution is 2.28. The minimum Gasteiger partial charge on any atom is -0.387 e. The van der Waals surface area contributed by atoms with Crippen molar-refractivity contribution in [3.63, 3.8) is 0 Å². The van der Waals surface area contributed by atoms with Gasteiger partial charge in [0, 0.05) is 13.1 Å². The Hall–Kier alpha value is -1.39. The van der Waals surface area contributed by atoms with Gasteiger partial charge >= 0.3 is 0 Å². The van der Waals surface area contributed by atoms with Crippen molar-refractivity contribution in [2.24, 2.45) is 5.92 Å². The van der Waals surface area contributed by atoms with Crippen LogP contribution in [0.2, 0.25) is 0 Å². The molecule has 0 aliphatic carbocycles. The Morgan fingerprint density at radius 3 is 2.45 bits per heavy atom. The Bertz CT molecular complexity index is 453. The third kappa shape index (κ3) is 3.38. The van der Waals surface area contributed by atoms with Crippen molar-refractivity contribution in [1.29, 1.82) is 0 Å². The molecule has 0 radical (unpaired) electrons. The quantitative estimate of drug-likeness (QED) is 0.858. The van der Waals surface area contributed by atoms with E-state index >= 15 is 0 Å². The minimum atomic E-state index is -0.620. The summed E-state index contributed by atoms with van der Waals surface area (Å²) < 4.78 is 0. The molecular weight excluding hydrogens is 252 g/mol. The van der Waals surface area contributed by atoms with Gasteiger partial charge < -0.3 is 10.4 Å². The number of carbonyl (C=O) groups excluding carboxylic acids is 1. The van der Waals surface area contributed by atoms with Crippen LogP contribution in [0.1, 0.15) is 32.4 Å². The number of hydrogen-bond donors (Lipinski definition) is 2. The summed E-state index contributed by atoms with van der Waals surface area (Å²) in [7, 11) is 0. The predicted octanol–water partition coefficient (Wildman–Crippen LogP) is 1.57. The first kappa shape index (κ1) is 15.0. The summed E-state index contributed by atoms with van der Waals surface area (Å²) in [5.74, 6) is 0.234. The van der Waals surface area contributed by atoms with Crippen LogP contribution < -0.4 is 5.32 Å². The second kappa shape index (κ2) is 5.94. The van der Waals surface area contributed by atoms with Crippen molar-refractivity contribution >= 4 is 5.91 Å². The molecule has 1 fully saturated rings. The fourth-order valence-corrected chi connectivity index (χ4v) is 2.52. The number of nitrogens with one attached hydrogen (secondary N) is 1. The zero-order valence-corrected chi connectivity index (χ0v) is 12.5. The Kier molecular flexibility index (Phi) is 4.45. The molecule has 1 atom stereocenters. The number of benzene rings is 1. The molecule has 1 aliphatic heterocycles. The summed E-state index contributed by atoms with van der Waals surface area (Å²) >= 11 is 0. The van der Waals surface area contributed by atoms with Gasteiger partial charge in [0.1, 0.15) is 0 Å². The topological polar surface area (TPSA) is 52.6 Å². The molecule has 1 aromatic rings. The molecule has 0 bridgehead atoms. The lowest BCUT2D eigenvalue weighted by Gasteiger charge is -2.48. The van der Waals surface area contributed by atoms with Crippen LogP contribution in [0.4, 0.5) is 0 Å². The van der Waals surface area contributed by atoms with E-state index in [0.717, 1.165) is 5.56 Å². The second-order valence-corrected chi connectivity index (χ2v) is 6.10. The van der Waals surface area contributed by atoms with Gasteiger partial charge in [-0.3, -0.25) is 9.69 Å². The molecule has 0 spiro atoms. The van der Waals surface area contributed by atoms with Crippen molar-refractivity contribution in [2.75, 3.05) is 19.6 Å². The van der Waals surface area contributed by atoms with Gasteiger partial charge in [-0.25, -0.2) is 0 Å². The average Bonchev–Trinajstić information content (AvgIpc) is 2.37. The highest BCUT2D eigenvalue weighted by Gasteiger charge is 2.43. The summed E-state index contributed by atoms with van der Waals surface area (Å²) in [4.78, 5) is 14.0. The summed E-state index contributed by atoms with van der Waals surface area (Å²) in [5, 5.41) is 13.1. The van der Waals surface area contributed by atoms with Crippen LogP contribution in [0.15, 0.2) is 30.3 Å². The number of carbonyl (C=O) groups is 1. The van der Waals surface area contributed by atoms with Gasteiger partial charge in [0.2, 0.25) is 5.91 Å². The van der Waals surface area contributed by atoms with E-state index < -0.39 is 5.60 Å². The van der Waals surface area contributed by atoms with Crippen LogP contribution >= 0.6 is 0 Å². The lowest BCUT2D eigenvalue weighted by atomic mass is 9.83. The number of amides is 1. The predicted molar refractivity (Wildman–Crippen MR) is 79.2 cm³/mol. The molecule has 4 heteroatoms. The highest BCUT2D eigenvalue weighted by atomic mass is 16.3. The van der Waals surface area contributed by atoms with Crippen LogP contribution in [0.5, 0.6) is 0 Å². The van der Waals surface area contributed by atoms with E-state index in [1.54, 1.807) is 0 Å². The molecule has 1 unspecified atom stereocenters. The third-order valence-electron chi connectivity index (χ3n) is 4.11. The first-order valence-electron chi connectivity index (χ1n) is 7.20. The lowest BCUT2D eigenvalue weighted by Crippen LogP contribution is -2.65. The number of nitrogens with zero attached hydrogens (tertiary/aromatic N) is 1. The number of likely N-dealkylation sites (tertiary alicyclic amines) is 1. The first-order chi connectivity index (χ1) is 9.40. The van der Waals surface area contributed by atoms with Gasteiger partial charge in [-0.15, -0.1) is 0 Å². The zero-order chi connectivity index (χ0) is 14.8. The third-order valence-corrected chi connectivity index (χ3v) is 4.11. The molecule has 1 saturated heterocycles. The maximum Gasteiger partial charge on any atom is 0.234 e. The monoisotopic (exact) mass is 276 g/mol. The van der Waals surface area contributed by atoms with Crippen LogP contribution in [-0.4, -0.2) is 41.1 Å². The number of hydrogen-bond acceptors (Lipinski definition) is 3. The molecule has 1 amide bonds. The molecule has 110 valence electrons. The minimum absolute atomic E-state index is 0.00663. The second-order valence-electron chi connectivity index (χ2n) is 6.10. The van der Waals surface area contributed by atoms with Gasteiger partial charge in [0.15, 0.2) is 0 Å². The molecule has 1 heterocycles. The van der Waals surface area contributed by atoms with Gasteiger partial charge in [-0.1, -0.05) is 44.2 Å². The van der Waals surface area contributed by atoms with E-state index in [-0.39, 0.29) is 17.9 Å². The van der Waals surface area contributed by atoms with Crippen molar-refractivity contribution in [1.82, 2.24) is 10.2 Å². The molecule has 0 saturated carbocycles. The smallest absolute Gasteiger partial charge is 0.234 e. The summed E-state index contributed by atoms with van der Waals surface area (Å²) in [6, 6.07) is 9.92. The Morgan fingerprint density at radius 1 is 1.30 bits per heavy atom. The first-order valence-corrected chi connectivity index (χ1v) is 7.20. The van der Waals surface area contributed by atoms with Gasteiger partial charge in [0.25, 0.3) is 0 Å². The van der Waals surface area contributed by atoms with Crippen LogP contribution in [-0.2, 0) is 4.79 Å². The van der Waals surface area contributed by atoms with E-state index in [9.17, 15) is 9.90 Å². The fraction of sp³-hybridized carbons (Fsp3) is 0.562. The van der Waals surface area contributed by atoms with E-state index in [2.05, 4.69) is 5.32 Å². The van der Waals surface area contributed by atoms with Crippen molar-refractivity contribution in [3.05, 3.63) is 35.9 Å². The standard InChI is InChI=1S/C16H24N2O2/c1-12(2)16(20)10-18(11-16)9-15(19)17-13(3)14-7-5-4-6-8-14/h4-8,12-13,20H,9-11H2,1-3H3,(H,17,19). The maximum atomic E-state index is 12.0. The molecule has 4 nitrogen and oxygen atoms in total. The fourth-order valence-electron chi connectivity index (χ4n) is 2.52. The van der Waals surface area contributed by atoms with Gasteiger partial charge in [-0.05, 0) is 18.4 Å².